The molecule has 3 aliphatic rings. The Morgan fingerprint density at radius 1 is 1.08 bits per heavy atom. The van der Waals surface area contributed by atoms with Crippen molar-refractivity contribution >= 4 is 29.3 Å². The minimum Gasteiger partial charge on any atom is -0.337 e. The number of rotatable bonds is 0. The second-order valence-corrected chi connectivity index (χ2v) is 7.56. The summed E-state index contributed by atoms with van der Waals surface area (Å²) in [6.07, 6.45) is 7.46. The van der Waals surface area contributed by atoms with Gasteiger partial charge in [-0.3, -0.25) is 4.79 Å². The van der Waals surface area contributed by atoms with Crippen LogP contribution in [0.25, 0.3) is 6.08 Å². The van der Waals surface area contributed by atoms with Crippen molar-refractivity contribution in [3.05, 3.63) is 75.3 Å². The van der Waals surface area contributed by atoms with E-state index < -0.39 is 0 Å². The van der Waals surface area contributed by atoms with Crippen LogP contribution >= 0.6 is 11.8 Å². The van der Waals surface area contributed by atoms with Crippen molar-refractivity contribution in [2.45, 2.75) is 24.2 Å². The molecule has 0 amide bonds. The summed E-state index contributed by atoms with van der Waals surface area (Å²) in [4.78, 5) is 16.3. The van der Waals surface area contributed by atoms with Crippen LogP contribution in [0.4, 0.5) is 5.69 Å². The van der Waals surface area contributed by atoms with Crippen LogP contribution in [0, 0.1) is 0 Å². The van der Waals surface area contributed by atoms with Crippen LogP contribution < -0.4 is 4.90 Å². The number of anilines is 1. The molecule has 0 bridgehead atoms. The van der Waals surface area contributed by atoms with Gasteiger partial charge in [-0.05, 0) is 30.0 Å². The lowest BCUT2D eigenvalue weighted by molar-refractivity contribution is 0.103. The molecule has 2 nitrogen and oxygen atoms in total. The van der Waals surface area contributed by atoms with Crippen LogP contribution in [0.15, 0.2) is 58.0 Å². The van der Waals surface area contributed by atoms with Gasteiger partial charge in [0.15, 0.2) is 5.78 Å². The van der Waals surface area contributed by atoms with Crippen molar-refractivity contribution < 1.29 is 4.79 Å². The molecule has 2 aromatic rings. The molecule has 1 heterocycles. The Kier molecular flexibility index (Phi) is 3.01. The number of carbonyl (C=O) groups is 1. The van der Waals surface area contributed by atoms with E-state index in [9.17, 15) is 4.79 Å². The third-order valence-electron chi connectivity index (χ3n) is 5.14. The number of thioether (sulfide) groups is 1. The lowest BCUT2D eigenvalue weighted by Crippen LogP contribution is -2.16. The highest BCUT2D eigenvalue weighted by Crippen LogP contribution is 2.51. The standard InChI is InChI=1S/C21H17NOS/c1-22-19-15-8-4-2-6-13(15)10-11-18(19)24-21(22)17-12-14-7-3-5-9-16(14)20(17)23/h3-5,7-11H,2,6,12H2,1H3/b21-17-. The smallest absolute Gasteiger partial charge is 0.192 e. The van der Waals surface area contributed by atoms with E-state index in [1.165, 1.54) is 21.7 Å². The first-order valence-corrected chi connectivity index (χ1v) is 9.15. The molecule has 0 saturated heterocycles. The van der Waals surface area contributed by atoms with Crippen molar-refractivity contribution in [1.82, 2.24) is 0 Å². The molecule has 0 aromatic heterocycles. The highest BCUT2D eigenvalue weighted by molar-refractivity contribution is 8.03. The van der Waals surface area contributed by atoms with Gasteiger partial charge in [-0.1, -0.05) is 54.2 Å². The molecule has 0 fully saturated rings. The van der Waals surface area contributed by atoms with Gasteiger partial charge in [0.2, 0.25) is 0 Å². The molecule has 1 aliphatic heterocycles. The molecule has 3 heteroatoms. The maximum atomic E-state index is 12.9. The van der Waals surface area contributed by atoms with E-state index in [0.29, 0.717) is 0 Å². The van der Waals surface area contributed by atoms with Gasteiger partial charge in [-0.15, -0.1) is 0 Å². The normalized spacial score (nSPS) is 21.0. The zero-order chi connectivity index (χ0) is 16.3. The Hall–Kier alpha value is -2.26. The maximum Gasteiger partial charge on any atom is 0.192 e. The van der Waals surface area contributed by atoms with Crippen LogP contribution in [-0.4, -0.2) is 12.8 Å². The lowest BCUT2D eigenvalue weighted by atomic mass is 9.95. The van der Waals surface area contributed by atoms with Crippen LogP contribution in [0.1, 0.15) is 33.5 Å². The SMILES string of the molecule is CN1/C(=C2\Cc3ccccc3C2=O)Sc2ccc3c(c21)C=CCC3. The minimum absolute atomic E-state index is 0.192. The van der Waals surface area contributed by atoms with Crippen LogP contribution in [0.5, 0.6) is 0 Å². The van der Waals surface area contributed by atoms with E-state index >= 15 is 0 Å². The molecule has 24 heavy (non-hydrogen) atoms. The summed E-state index contributed by atoms with van der Waals surface area (Å²) in [6.45, 7) is 0. The molecule has 118 valence electrons. The van der Waals surface area contributed by atoms with E-state index in [-0.39, 0.29) is 5.78 Å². The maximum absolute atomic E-state index is 12.9. The van der Waals surface area contributed by atoms with Crippen molar-refractivity contribution in [3.8, 4) is 0 Å². The van der Waals surface area contributed by atoms with Gasteiger partial charge in [0, 0.05) is 35.1 Å². The number of benzene rings is 2. The third kappa shape index (κ3) is 1.88. The van der Waals surface area contributed by atoms with Crippen molar-refractivity contribution in [2.24, 2.45) is 0 Å². The predicted octanol–water partition coefficient (Wildman–Crippen LogP) is 4.84. The largest absolute Gasteiger partial charge is 0.337 e. The summed E-state index contributed by atoms with van der Waals surface area (Å²) in [5.74, 6) is 0.192. The van der Waals surface area contributed by atoms with Crippen molar-refractivity contribution in [1.29, 1.82) is 0 Å². The Balaban J connectivity index is 1.64. The van der Waals surface area contributed by atoms with E-state index in [2.05, 4.69) is 42.3 Å². The van der Waals surface area contributed by atoms with Gasteiger partial charge in [-0.25, -0.2) is 0 Å². The Bertz CT molecular complexity index is 954. The zero-order valence-electron chi connectivity index (χ0n) is 13.5. The van der Waals surface area contributed by atoms with Gasteiger partial charge in [-0.2, -0.15) is 0 Å². The van der Waals surface area contributed by atoms with E-state index in [0.717, 1.165) is 41.0 Å². The highest BCUT2D eigenvalue weighted by atomic mass is 32.2. The second-order valence-electron chi connectivity index (χ2n) is 6.53. The van der Waals surface area contributed by atoms with Gasteiger partial charge < -0.3 is 4.90 Å². The van der Waals surface area contributed by atoms with Crippen LogP contribution in [-0.2, 0) is 12.8 Å². The third-order valence-corrected chi connectivity index (χ3v) is 6.41. The average molecular weight is 331 g/mol. The van der Waals surface area contributed by atoms with Crippen LogP contribution in [0.3, 0.4) is 0 Å². The predicted molar refractivity (Wildman–Crippen MR) is 99.6 cm³/mol. The number of hydrogen-bond donors (Lipinski definition) is 0. The number of nitrogens with zero attached hydrogens (tertiary/aromatic N) is 1. The average Bonchev–Trinajstić information content (AvgIpc) is 3.13. The second kappa shape index (κ2) is 5.12. The van der Waals surface area contributed by atoms with Crippen molar-refractivity contribution in [2.75, 3.05) is 11.9 Å². The number of hydrogen-bond acceptors (Lipinski definition) is 3. The molecular weight excluding hydrogens is 314 g/mol. The summed E-state index contributed by atoms with van der Waals surface area (Å²) in [6, 6.07) is 12.4. The number of allylic oxidation sites excluding steroid dienone is 2. The summed E-state index contributed by atoms with van der Waals surface area (Å²) in [5, 5.41) is 1.10. The Morgan fingerprint density at radius 2 is 1.96 bits per heavy atom. The summed E-state index contributed by atoms with van der Waals surface area (Å²) < 4.78 is 0. The molecule has 0 radical (unpaired) electrons. The fourth-order valence-electron chi connectivity index (χ4n) is 3.94. The first kappa shape index (κ1) is 14.1. The van der Waals surface area contributed by atoms with E-state index in [1.54, 1.807) is 11.8 Å². The molecule has 0 N–H and O–H groups in total. The molecule has 5 rings (SSSR count). The monoisotopic (exact) mass is 331 g/mol. The summed E-state index contributed by atoms with van der Waals surface area (Å²) >= 11 is 1.74. The molecular formula is C21H17NOS. The van der Waals surface area contributed by atoms with Crippen molar-refractivity contribution in [3.63, 3.8) is 0 Å². The molecule has 0 unspecified atom stereocenters. The lowest BCUT2D eigenvalue weighted by Gasteiger charge is -2.21. The quantitative estimate of drug-likeness (QED) is 0.644. The van der Waals surface area contributed by atoms with Gasteiger partial charge in [0.25, 0.3) is 0 Å². The summed E-state index contributed by atoms with van der Waals surface area (Å²) in [5.41, 5.74) is 6.96. The van der Waals surface area contributed by atoms with E-state index in [4.69, 9.17) is 0 Å². The summed E-state index contributed by atoms with van der Waals surface area (Å²) in [7, 11) is 2.10. The number of fused-ring (bicyclic) bond motifs is 4. The Labute approximate surface area is 145 Å². The molecule has 0 atom stereocenters. The molecule has 2 aromatic carbocycles. The first-order valence-electron chi connectivity index (χ1n) is 8.34. The van der Waals surface area contributed by atoms with E-state index in [1.807, 2.05) is 18.2 Å². The number of aryl methyl sites for hydroxylation is 1. The highest BCUT2D eigenvalue weighted by Gasteiger charge is 2.34. The number of ketones is 1. The van der Waals surface area contributed by atoms with Gasteiger partial charge in [0.1, 0.15) is 0 Å². The first-order chi connectivity index (χ1) is 11.7. The van der Waals surface area contributed by atoms with Crippen LogP contribution in [0.2, 0.25) is 0 Å². The number of carbonyl (C=O) groups excluding carboxylic acids is 1. The topological polar surface area (TPSA) is 20.3 Å². The Morgan fingerprint density at radius 3 is 2.83 bits per heavy atom. The number of Topliss-reactive ketones (excluding diaryl/α,β-unsaturated/α-hetero) is 1. The zero-order valence-corrected chi connectivity index (χ0v) is 14.3. The fraction of sp³-hybridized carbons (Fsp3) is 0.190. The molecule has 0 spiro atoms. The minimum atomic E-state index is 0.192. The van der Waals surface area contributed by atoms with Gasteiger partial charge >= 0.3 is 0 Å². The molecule has 2 aliphatic carbocycles. The van der Waals surface area contributed by atoms with Gasteiger partial charge in [0.05, 0.1) is 10.7 Å². The fourth-order valence-corrected chi connectivity index (χ4v) is 5.15. The molecule has 0 saturated carbocycles.